The summed E-state index contributed by atoms with van der Waals surface area (Å²) >= 11 is 3.27. The lowest BCUT2D eigenvalue weighted by atomic mass is 10.2. The van der Waals surface area contributed by atoms with Crippen molar-refractivity contribution in [2.24, 2.45) is 0 Å². The van der Waals surface area contributed by atoms with Gasteiger partial charge < -0.3 is 4.90 Å². The molecule has 1 aromatic rings. The first kappa shape index (κ1) is 12.6. The van der Waals surface area contributed by atoms with Gasteiger partial charge in [0.1, 0.15) is 0 Å². The molecule has 16 heavy (non-hydrogen) atoms. The van der Waals surface area contributed by atoms with Gasteiger partial charge in [0.05, 0.1) is 10.6 Å². The van der Waals surface area contributed by atoms with Crippen LogP contribution >= 0.6 is 15.9 Å². The molecule has 5 nitrogen and oxygen atoms in total. The van der Waals surface area contributed by atoms with E-state index in [1.165, 1.54) is 24.0 Å². The fourth-order valence-electron chi connectivity index (χ4n) is 1.38. The summed E-state index contributed by atoms with van der Waals surface area (Å²) in [7, 11) is 0. The third kappa shape index (κ3) is 2.57. The van der Waals surface area contributed by atoms with Gasteiger partial charge in [-0.25, -0.2) is 0 Å². The molecule has 0 saturated heterocycles. The molecule has 86 valence electrons. The Balaban J connectivity index is 3.25. The smallest absolute Gasteiger partial charge is 0.271 e. The van der Waals surface area contributed by atoms with Gasteiger partial charge in [-0.2, -0.15) is 0 Å². The van der Waals surface area contributed by atoms with Crippen molar-refractivity contribution in [1.82, 2.24) is 0 Å². The third-order valence-electron chi connectivity index (χ3n) is 2.13. The summed E-state index contributed by atoms with van der Waals surface area (Å²) in [5, 5.41) is 10.6. The van der Waals surface area contributed by atoms with Crippen LogP contribution in [0.1, 0.15) is 13.8 Å². The first-order valence-electron chi connectivity index (χ1n) is 4.69. The van der Waals surface area contributed by atoms with Crippen molar-refractivity contribution in [3.05, 3.63) is 32.8 Å². The summed E-state index contributed by atoms with van der Waals surface area (Å²) in [6.45, 7) is 3.70. The maximum Gasteiger partial charge on any atom is 0.271 e. The van der Waals surface area contributed by atoms with Gasteiger partial charge in [-0.15, -0.1) is 0 Å². The van der Waals surface area contributed by atoms with Crippen molar-refractivity contribution >= 4 is 33.2 Å². The molecule has 0 spiro atoms. The van der Waals surface area contributed by atoms with Crippen LogP contribution in [0.5, 0.6) is 0 Å². The molecule has 0 fully saturated rings. The first-order chi connectivity index (χ1) is 7.47. The zero-order valence-electron chi connectivity index (χ0n) is 8.94. The summed E-state index contributed by atoms with van der Waals surface area (Å²) in [5.74, 6) is -0.149. The van der Waals surface area contributed by atoms with Crippen LogP contribution in [0.15, 0.2) is 22.7 Å². The number of rotatable bonds is 3. The molecule has 0 aliphatic heterocycles. The van der Waals surface area contributed by atoms with Gasteiger partial charge in [0.25, 0.3) is 5.69 Å². The number of amides is 1. The number of halogens is 1. The molecule has 0 N–H and O–H groups in total. The summed E-state index contributed by atoms with van der Waals surface area (Å²) in [6, 6.07) is 4.34. The summed E-state index contributed by atoms with van der Waals surface area (Å²) in [5.41, 5.74) is 0.488. The number of hydrogen-bond acceptors (Lipinski definition) is 3. The quantitative estimate of drug-likeness (QED) is 0.634. The SMILES string of the molecule is CCN(C(C)=O)c1cc([N+](=O)[O-])ccc1Br. The molecular weight excluding hydrogens is 276 g/mol. The number of carbonyl (C=O) groups is 1. The van der Waals surface area contributed by atoms with Crippen LogP contribution in [-0.4, -0.2) is 17.4 Å². The van der Waals surface area contributed by atoms with Gasteiger partial charge in [0, 0.05) is 30.1 Å². The predicted octanol–water partition coefficient (Wildman–Crippen LogP) is 2.73. The standard InChI is InChI=1S/C10H11BrN2O3/c1-3-12(7(2)14)10-6-8(13(15)16)4-5-9(10)11/h4-6H,3H2,1-2H3. The summed E-state index contributed by atoms with van der Waals surface area (Å²) < 4.78 is 0.662. The van der Waals surface area contributed by atoms with Crippen molar-refractivity contribution in [2.75, 3.05) is 11.4 Å². The molecular formula is C10H11BrN2O3. The van der Waals surface area contributed by atoms with Gasteiger partial charge in [0.15, 0.2) is 0 Å². The number of nitro groups is 1. The van der Waals surface area contributed by atoms with Crippen LogP contribution in [0, 0.1) is 10.1 Å². The van der Waals surface area contributed by atoms with E-state index >= 15 is 0 Å². The van der Waals surface area contributed by atoms with E-state index < -0.39 is 4.92 Å². The van der Waals surface area contributed by atoms with E-state index in [1.807, 2.05) is 6.92 Å². The fraction of sp³-hybridized carbons (Fsp3) is 0.300. The second-order valence-corrected chi connectivity index (χ2v) is 4.01. The molecule has 1 aromatic carbocycles. The lowest BCUT2D eigenvalue weighted by Gasteiger charge is -2.20. The highest BCUT2D eigenvalue weighted by Gasteiger charge is 2.16. The molecule has 0 unspecified atom stereocenters. The third-order valence-corrected chi connectivity index (χ3v) is 2.80. The lowest BCUT2D eigenvalue weighted by molar-refractivity contribution is -0.384. The topological polar surface area (TPSA) is 63.5 Å². The Morgan fingerprint density at radius 3 is 2.62 bits per heavy atom. The van der Waals surface area contributed by atoms with Crippen molar-refractivity contribution in [3.63, 3.8) is 0 Å². The number of non-ortho nitro benzene ring substituents is 1. The van der Waals surface area contributed by atoms with Crippen molar-refractivity contribution < 1.29 is 9.72 Å². The van der Waals surface area contributed by atoms with E-state index in [0.29, 0.717) is 16.7 Å². The fourth-order valence-corrected chi connectivity index (χ4v) is 1.84. The van der Waals surface area contributed by atoms with Crippen LogP contribution in [-0.2, 0) is 4.79 Å². The van der Waals surface area contributed by atoms with Gasteiger partial charge >= 0.3 is 0 Å². The van der Waals surface area contributed by atoms with Crippen LogP contribution in [0.2, 0.25) is 0 Å². The molecule has 0 radical (unpaired) electrons. The Morgan fingerprint density at radius 2 is 2.19 bits per heavy atom. The molecule has 0 aliphatic rings. The molecule has 0 aliphatic carbocycles. The van der Waals surface area contributed by atoms with E-state index in [2.05, 4.69) is 15.9 Å². The van der Waals surface area contributed by atoms with Gasteiger partial charge in [-0.3, -0.25) is 14.9 Å². The normalized spacial score (nSPS) is 9.94. The van der Waals surface area contributed by atoms with Crippen LogP contribution in [0.3, 0.4) is 0 Å². The van der Waals surface area contributed by atoms with E-state index in [4.69, 9.17) is 0 Å². The minimum atomic E-state index is -0.482. The predicted molar refractivity (Wildman–Crippen MR) is 64.5 cm³/mol. The Labute approximate surface area is 101 Å². The van der Waals surface area contributed by atoms with Gasteiger partial charge in [-0.1, -0.05) is 0 Å². The average Bonchev–Trinajstić information content (AvgIpc) is 2.20. The molecule has 0 atom stereocenters. The Bertz CT molecular complexity index is 434. The highest BCUT2D eigenvalue weighted by molar-refractivity contribution is 9.10. The monoisotopic (exact) mass is 286 g/mol. The maximum absolute atomic E-state index is 11.3. The molecule has 0 saturated carbocycles. The van der Waals surface area contributed by atoms with Crippen LogP contribution in [0.4, 0.5) is 11.4 Å². The molecule has 0 aromatic heterocycles. The largest absolute Gasteiger partial charge is 0.312 e. The van der Waals surface area contributed by atoms with Crippen LogP contribution < -0.4 is 4.90 Å². The Kier molecular flexibility index (Phi) is 4.00. The van der Waals surface area contributed by atoms with E-state index in [-0.39, 0.29) is 11.6 Å². The van der Waals surface area contributed by atoms with E-state index in [9.17, 15) is 14.9 Å². The molecule has 0 heterocycles. The van der Waals surface area contributed by atoms with Gasteiger partial charge in [0.2, 0.25) is 5.91 Å². The Morgan fingerprint density at radius 1 is 1.56 bits per heavy atom. The highest BCUT2D eigenvalue weighted by atomic mass is 79.9. The van der Waals surface area contributed by atoms with E-state index in [0.717, 1.165) is 0 Å². The zero-order valence-corrected chi connectivity index (χ0v) is 10.5. The number of nitrogens with zero attached hydrogens (tertiary/aromatic N) is 2. The van der Waals surface area contributed by atoms with Gasteiger partial charge in [-0.05, 0) is 28.9 Å². The van der Waals surface area contributed by atoms with Crippen molar-refractivity contribution in [3.8, 4) is 0 Å². The number of carbonyl (C=O) groups excluding carboxylic acids is 1. The summed E-state index contributed by atoms with van der Waals surface area (Å²) in [4.78, 5) is 23.0. The zero-order chi connectivity index (χ0) is 12.3. The molecule has 0 bridgehead atoms. The van der Waals surface area contributed by atoms with Crippen molar-refractivity contribution in [2.45, 2.75) is 13.8 Å². The minimum Gasteiger partial charge on any atom is -0.312 e. The first-order valence-corrected chi connectivity index (χ1v) is 5.48. The maximum atomic E-state index is 11.3. The van der Waals surface area contributed by atoms with Crippen molar-refractivity contribution in [1.29, 1.82) is 0 Å². The number of benzene rings is 1. The molecule has 1 rings (SSSR count). The average molecular weight is 287 g/mol. The molecule has 1 amide bonds. The lowest BCUT2D eigenvalue weighted by Crippen LogP contribution is -2.28. The van der Waals surface area contributed by atoms with Crippen LogP contribution in [0.25, 0.3) is 0 Å². The summed E-state index contributed by atoms with van der Waals surface area (Å²) in [6.07, 6.45) is 0. The Hall–Kier alpha value is -1.43. The minimum absolute atomic E-state index is 0.0297. The number of nitro benzene ring substituents is 1. The second kappa shape index (κ2) is 5.07. The second-order valence-electron chi connectivity index (χ2n) is 3.16. The highest BCUT2D eigenvalue weighted by Crippen LogP contribution is 2.30. The molecule has 6 heteroatoms. The number of hydrogen-bond donors (Lipinski definition) is 0. The number of anilines is 1. The van der Waals surface area contributed by atoms with E-state index in [1.54, 1.807) is 6.07 Å².